The molecule has 1 aliphatic heterocycles. The van der Waals surface area contributed by atoms with Crippen LogP contribution in [-0.4, -0.2) is 18.0 Å². The van der Waals surface area contributed by atoms with Crippen LogP contribution in [0.2, 0.25) is 0 Å². The molecule has 0 saturated heterocycles. The highest BCUT2D eigenvalue weighted by Crippen LogP contribution is 2.33. The Labute approximate surface area is 124 Å². The highest BCUT2D eigenvalue weighted by atomic mass is 79.9. The second-order valence-electron chi connectivity index (χ2n) is 6.20. The molecule has 0 N–H and O–H groups in total. The van der Waals surface area contributed by atoms with Gasteiger partial charge >= 0.3 is 0 Å². The average molecular weight is 327 g/mol. The molecule has 1 atom stereocenters. The van der Waals surface area contributed by atoms with Gasteiger partial charge in [0.15, 0.2) is 11.5 Å². The zero-order chi connectivity index (χ0) is 13.9. The lowest BCUT2D eigenvalue weighted by Crippen LogP contribution is -2.20. The molecule has 1 unspecified atom stereocenters. The van der Waals surface area contributed by atoms with Gasteiger partial charge in [-0.05, 0) is 36.0 Å². The number of fused-ring (bicyclic) bond motifs is 1. The molecule has 1 aromatic carbocycles. The lowest BCUT2D eigenvalue weighted by molar-refractivity contribution is 0.297. The van der Waals surface area contributed by atoms with Crippen molar-refractivity contribution >= 4 is 15.9 Å². The Balaban J connectivity index is 2.00. The molecule has 1 aliphatic rings. The van der Waals surface area contributed by atoms with E-state index in [1.165, 1.54) is 5.56 Å². The summed E-state index contributed by atoms with van der Waals surface area (Å²) >= 11 is 3.79. The third-order valence-corrected chi connectivity index (χ3v) is 5.27. The minimum absolute atomic E-state index is 0.297. The maximum Gasteiger partial charge on any atom is 0.161 e. The van der Waals surface area contributed by atoms with E-state index in [1.54, 1.807) is 0 Å². The Morgan fingerprint density at radius 2 is 1.84 bits per heavy atom. The van der Waals surface area contributed by atoms with Gasteiger partial charge < -0.3 is 9.47 Å². The normalized spacial score (nSPS) is 16.8. The molecule has 0 aromatic heterocycles. The molecular formula is C16H23BrO2. The summed E-state index contributed by atoms with van der Waals surface area (Å²) in [4.78, 5) is 0.524. The molecule has 0 amide bonds. The van der Waals surface area contributed by atoms with Crippen LogP contribution in [0, 0.1) is 5.41 Å². The van der Waals surface area contributed by atoms with Crippen LogP contribution >= 0.6 is 15.9 Å². The number of ether oxygens (including phenoxy) is 2. The molecule has 2 rings (SSSR count). The number of aryl methyl sites for hydroxylation is 1. The fourth-order valence-corrected chi connectivity index (χ4v) is 2.32. The van der Waals surface area contributed by atoms with Crippen LogP contribution in [-0.2, 0) is 6.42 Å². The van der Waals surface area contributed by atoms with Gasteiger partial charge in [-0.25, -0.2) is 0 Å². The molecule has 0 saturated carbocycles. The lowest BCUT2D eigenvalue weighted by Gasteiger charge is -2.25. The molecular weight excluding hydrogens is 304 g/mol. The van der Waals surface area contributed by atoms with Crippen LogP contribution in [0.4, 0.5) is 0 Å². The second kappa shape index (κ2) is 6.17. The number of halogens is 1. The first-order valence-electron chi connectivity index (χ1n) is 6.99. The lowest BCUT2D eigenvalue weighted by atomic mass is 9.89. The summed E-state index contributed by atoms with van der Waals surface area (Å²) in [6.07, 6.45) is 3.14. The van der Waals surface area contributed by atoms with Gasteiger partial charge in [-0.15, -0.1) is 0 Å². The molecule has 19 heavy (non-hydrogen) atoms. The van der Waals surface area contributed by atoms with Gasteiger partial charge in [-0.2, -0.15) is 0 Å². The van der Waals surface area contributed by atoms with Crippen LogP contribution in [0.3, 0.4) is 0 Å². The van der Waals surface area contributed by atoms with Crippen LogP contribution in [0.5, 0.6) is 11.5 Å². The van der Waals surface area contributed by atoms with Crippen LogP contribution in [0.25, 0.3) is 0 Å². The van der Waals surface area contributed by atoms with E-state index in [2.05, 4.69) is 48.8 Å². The van der Waals surface area contributed by atoms with Crippen LogP contribution in [0.1, 0.15) is 39.2 Å². The van der Waals surface area contributed by atoms with Crippen molar-refractivity contribution in [3.05, 3.63) is 23.8 Å². The monoisotopic (exact) mass is 326 g/mol. The fourth-order valence-electron chi connectivity index (χ4n) is 2.09. The minimum atomic E-state index is 0.297. The molecule has 3 heteroatoms. The molecule has 0 bridgehead atoms. The smallest absolute Gasteiger partial charge is 0.161 e. The van der Waals surface area contributed by atoms with Crippen molar-refractivity contribution in [3.63, 3.8) is 0 Å². The molecule has 0 radical (unpaired) electrons. The van der Waals surface area contributed by atoms with Crippen molar-refractivity contribution in [3.8, 4) is 11.5 Å². The summed E-state index contributed by atoms with van der Waals surface area (Å²) in [7, 11) is 0. The summed E-state index contributed by atoms with van der Waals surface area (Å²) in [5, 5.41) is 0. The van der Waals surface area contributed by atoms with Gasteiger partial charge in [-0.3, -0.25) is 0 Å². The number of hydrogen-bond donors (Lipinski definition) is 0. The zero-order valence-electron chi connectivity index (χ0n) is 12.0. The van der Waals surface area contributed by atoms with Gasteiger partial charge in [0.05, 0.1) is 13.2 Å². The molecule has 0 aliphatic carbocycles. The Morgan fingerprint density at radius 3 is 2.53 bits per heavy atom. The maximum absolute atomic E-state index is 5.73. The van der Waals surface area contributed by atoms with Crippen LogP contribution in [0.15, 0.2) is 18.2 Å². The Morgan fingerprint density at radius 1 is 1.16 bits per heavy atom. The molecule has 0 spiro atoms. The standard InChI is InChI=1S/C16H23BrO2/c1-16(2,3)15(17)8-6-12-5-7-13-14(11-12)19-10-4-9-18-13/h5,7,11,15H,4,6,8-10H2,1-3H3. The largest absolute Gasteiger partial charge is 0.490 e. The highest BCUT2D eigenvalue weighted by molar-refractivity contribution is 9.09. The Bertz CT molecular complexity index is 423. The van der Waals surface area contributed by atoms with Crippen LogP contribution < -0.4 is 9.47 Å². The topological polar surface area (TPSA) is 18.5 Å². The van der Waals surface area contributed by atoms with Crippen molar-refractivity contribution < 1.29 is 9.47 Å². The summed E-state index contributed by atoms with van der Waals surface area (Å²) in [5.41, 5.74) is 1.61. The second-order valence-corrected chi connectivity index (χ2v) is 7.31. The van der Waals surface area contributed by atoms with E-state index < -0.39 is 0 Å². The number of benzene rings is 1. The van der Waals surface area contributed by atoms with Crippen molar-refractivity contribution in [1.29, 1.82) is 0 Å². The van der Waals surface area contributed by atoms with E-state index in [9.17, 15) is 0 Å². The molecule has 0 fully saturated rings. The minimum Gasteiger partial charge on any atom is -0.490 e. The Kier molecular flexibility index (Phi) is 4.77. The third kappa shape index (κ3) is 4.13. The van der Waals surface area contributed by atoms with Crippen molar-refractivity contribution in [2.24, 2.45) is 5.41 Å². The van der Waals surface area contributed by atoms with E-state index in [1.807, 2.05) is 6.07 Å². The predicted molar refractivity (Wildman–Crippen MR) is 82.5 cm³/mol. The van der Waals surface area contributed by atoms with Crippen molar-refractivity contribution in [1.82, 2.24) is 0 Å². The summed E-state index contributed by atoms with van der Waals surface area (Å²) in [6, 6.07) is 6.31. The molecule has 106 valence electrons. The first-order chi connectivity index (χ1) is 8.97. The SMILES string of the molecule is CC(C)(C)C(Br)CCc1ccc2c(c1)OCCCO2. The zero-order valence-corrected chi connectivity index (χ0v) is 13.6. The number of hydrogen-bond acceptors (Lipinski definition) is 2. The molecule has 2 nitrogen and oxygen atoms in total. The third-order valence-electron chi connectivity index (χ3n) is 3.44. The number of rotatable bonds is 3. The van der Waals surface area contributed by atoms with E-state index in [0.29, 0.717) is 10.2 Å². The summed E-state index contributed by atoms with van der Waals surface area (Å²) < 4.78 is 11.4. The number of alkyl halides is 1. The van der Waals surface area contributed by atoms with Gasteiger partial charge in [0.25, 0.3) is 0 Å². The first kappa shape index (κ1) is 14.7. The Hall–Kier alpha value is -0.700. The highest BCUT2D eigenvalue weighted by Gasteiger charge is 2.21. The van der Waals surface area contributed by atoms with Gasteiger partial charge in [0.1, 0.15) is 0 Å². The molecule has 1 heterocycles. The van der Waals surface area contributed by atoms with Gasteiger partial charge in [0, 0.05) is 11.2 Å². The fraction of sp³-hybridized carbons (Fsp3) is 0.625. The summed E-state index contributed by atoms with van der Waals surface area (Å²) in [5.74, 6) is 1.78. The quantitative estimate of drug-likeness (QED) is 0.756. The predicted octanol–water partition coefficient (Wildman–Crippen LogP) is 4.59. The first-order valence-corrected chi connectivity index (χ1v) is 7.91. The van der Waals surface area contributed by atoms with E-state index in [4.69, 9.17) is 9.47 Å². The summed E-state index contributed by atoms with van der Waals surface area (Å²) in [6.45, 7) is 8.29. The van der Waals surface area contributed by atoms with E-state index in [-0.39, 0.29) is 0 Å². The van der Waals surface area contributed by atoms with Gasteiger partial charge in [0.2, 0.25) is 0 Å². The van der Waals surface area contributed by atoms with E-state index in [0.717, 1.165) is 44.0 Å². The van der Waals surface area contributed by atoms with E-state index >= 15 is 0 Å². The average Bonchev–Trinajstić information content (AvgIpc) is 2.59. The van der Waals surface area contributed by atoms with Crippen molar-refractivity contribution in [2.45, 2.75) is 44.9 Å². The maximum atomic E-state index is 5.73. The molecule has 1 aromatic rings. The van der Waals surface area contributed by atoms with Crippen molar-refractivity contribution in [2.75, 3.05) is 13.2 Å². The van der Waals surface area contributed by atoms with Gasteiger partial charge in [-0.1, -0.05) is 42.8 Å².